The molecule has 132 valence electrons. The van der Waals surface area contributed by atoms with Crippen LogP contribution in [0.1, 0.15) is 16.8 Å². The van der Waals surface area contributed by atoms with Gasteiger partial charge in [-0.3, -0.25) is 4.79 Å². The van der Waals surface area contributed by atoms with E-state index in [1.165, 1.54) is 0 Å². The molecule has 24 heavy (non-hydrogen) atoms. The summed E-state index contributed by atoms with van der Waals surface area (Å²) in [4.78, 5) is 14.4. The number of benzene rings is 1. The zero-order valence-corrected chi connectivity index (χ0v) is 15.8. The second-order valence-corrected chi connectivity index (χ2v) is 6.47. The van der Waals surface area contributed by atoms with Crippen molar-refractivity contribution in [3.05, 3.63) is 28.4 Å². The number of rotatable bonds is 9. The molecular weight excluding hydrogens is 376 g/mol. The summed E-state index contributed by atoms with van der Waals surface area (Å²) in [7, 11) is 5.63. The van der Waals surface area contributed by atoms with E-state index in [0.29, 0.717) is 41.3 Å². The van der Waals surface area contributed by atoms with Crippen molar-refractivity contribution in [2.24, 2.45) is 0 Å². The topological polar surface area (TPSA) is 63.9 Å². The molecule has 0 aliphatic carbocycles. The van der Waals surface area contributed by atoms with Crippen molar-refractivity contribution in [1.29, 1.82) is 0 Å². The summed E-state index contributed by atoms with van der Waals surface area (Å²) in [5.41, 5.74) is 1.12. The van der Waals surface area contributed by atoms with Gasteiger partial charge in [0, 0.05) is 25.3 Å². The van der Waals surface area contributed by atoms with Crippen molar-refractivity contribution in [2.45, 2.75) is 6.42 Å². The molecule has 1 heterocycles. The Hall–Kier alpha value is -1.57. The summed E-state index contributed by atoms with van der Waals surface area (Å²) in [6, 6.07) is 5.29. The number of carbonyl (C=O) groups is 1. The molecule has 1 aromatic heterocycles. The summed E-state index contributed by atoms with van der Waals surface area (Å²) in [6.45, 7) is 2.43. The number of furan rings is 1. The van der Waals surface area contributed by atoms with Crippen LogP contribution in [0, 0.1) is 0 Å². The lowest BCUT2D eigenvalue weighted by Crippen LogP contribution is -2.27. The number of halogens is 1. The second-order valence-electron chi connectivity index (χ2n) is 5.69. The van der Waals surface area contributed by atoms with Crippen LogP contribution in [0.2, 0.25) is 0 Å². The number of nitrogens with zero attached hydrogens (tertiary/aromatic N) is 1. The fourth-order valence-corrected chi connectivity index (χ4v) is 2.66. The van der Waals surface area contributed by atoms with Crippen LogP contribution < -0.4 is 10.1 Å². The number of amides is 1. The number of nitrogens with one attached hydrogen (secondary N) is 1. The van der Waals surface area contributed by atoms with Crippen molar-refractivity contribution in [3.63, 3.8) is 0 Å². The Balaban J connectivity index is 2.12. The van der Waals surface area contributed by atoms with Gasteiger partial charge in [-0.15, -0.1) is 0 Å². The largest absolute Gasteiger partial charge is 0.490 e. The molecule has 2 rings (SSSR count). The van der Waals surface area contributed by atoms with Gasteiger partial charge in [0.1, 0.15) is 17.9 Å². The predicted molar refractivity (Wildman–Crippen MR) is 96.8 cm³/mol. The molecule has 1 N–H and O–H groups in total. The first-order chi connectivity index (χ1) is 11.5. The van der Waals surface area contributed by atoms with Crippen LogP contribution in [0.15, 0.2) is 27.3 Å². The van der Waals surface area contributed by atoms with Crippen LogP contribution in [0.25, 0.3) is 11.0 Å². The molecule has 0 spiro atoms. The Morgan fingerprint density at radius 3 is 2.79 bits per heavy atom. The molecule has 1 amide bonds. The van der Waals surface area contributed by atoms with E-state index in [1.807, 2.05) is 20.2 Å². The van der Waals surface area contributed by atoms with Gasteiger partial charge in [0.25, 0.3) is 5.91 Å². The van der Waals surface area contributed by atoms with E-state index in [2.05, 4.69) is 26.1 Å². The van der Waals surface area contributed by atoms with Crippen molar-refractivity contribution in [3.8, 4) is 5.75 Å². The summed E-state index contributed by atoms with van der Waals surface area (Å²) < 4.78 is 16.9. The van der Waals surface area contributed by atoms with Crippen LogP contribution in [-0.4, -0.2) is 58.3 Å². The lowest BCUT2D eigenvalue weighted by molar-refractivity contribution is 0.0951. The molecule has 2 aromatic rings. The third-order valence-corrected chi connectivity index (χ3v) is 3.84. The molecule has 0 bridgehead atoms. The minimum absolute atomic E-state index is 0.139. The molecule has 6 nitrogen and oxygen atoms in total. The van der Waals surface area contributed by atoms with E-state index >= 15 is 0 Å². The smallest absolute Gasteiger partial charge is 0.251 e. The monoisotopic (exact) mass is 398 g/mol. The minimum atomic E-state index is -0.139. The van der Waals surface area contributed by atoms with Gasteiger partial charge >= 0.3 is 0 Å². The number of ether oxygens (including phenoxy) is 2. The van der Waals surface area contributed by atoms with Gasteiger partial charge in [-0.2, -0.15) is 0 Å². The Labute approximate surface area is 150 Å². The second kappa shape index (κ2) is 9.05. The Morgan fingerprint density at radius 1 is 1.29 bits per heavy atom. The van der Waals surface area contributed by atoms with Gasteiger partial charge in [0.2, 0.25) is 0 Å². The van der Waals surface area contributed by atoms with Crippen LogP contribution in [-0.2, 0) is 4.74 Å². The normalized spacial score (nSPS) is 11.2. The molecule has 0 saturated carbocycles. The highest BCUT2D eigenvalue weighted by molar-refractivity contribution is 9.10. The molecular formula is C17H23BrN2O4. The van der Waals surface area contributed by atoms with Gasteiger partial charge in [-0.1, -0.05) is 0 Å². The maximum Gasteiger partial charge on any atom is 0.251 e. The highest BCUT2D eigenvalue weighted by atomic mass is 79.9. The lowest BCUT2D eigenvalue weighted by Gasteiger charge is -2.11. The Bertz CT molecular complexity index is 685. The third-order valence-electron chi connectivity index (χ3n) is 3.44. The Morgan fingerprint density at radius 2 is 2.08 bits per heavy atom. The van der Waals surface area contributed by atoms with Crippen LogP contribution in [0.5, 0.6) is 5.75 Å². The van der Waals surface area contributed by atoms with Gasteiger partial charge in [-0.25, -0.2) is 0 Å². The predicted octanol–water partition coefficient (Wildman–Crippen LogP) is 2.90. The molecule has 0 fully saturated rings. The standard InChI is InChI=1S/C17H23BrN2O4/c1-20(2)6-4-5-19-17(21)12-9-14(23-8-7-22-3)13-11-16(18)24-15(13)10-12/h9-11H,4-8H2,1-3H3,(H,19,21). The van der Waals surface area contributed by atoms with Crippen molar-refractivity contribution in [2.75, 3.05) is 47.5 Å². The van der Waals surface area contributed by atoms with Crippen molar-refractivity contribution < 1.29 is 18.7 Å². The van der Waals surface area contributed by atoms with Gasteiger partial charge in [-0.05, 0) is 55.1 Å². The maximum absolute atomic E-state index is 12.4. The van der Waals surface area contributed by atoms with Crippen molar-refractivity contribution >= 4 is 32.8 Å². The summed E-state index contributed by atoms with van der Waals surface area (Å²) >= 11 is 3.31. The molecule has 0 aliphatic rings. The molecule has 0 aliphatic heterocycles. The van der Waals surface area contributed by atoms with E-state index in [1.54, 1.807) is 19.2 Å². The molecule has 0 saturated heterocycles. The van der Waals surface area contributed by atoms with Gasteiger partial charge in [0.05, 0.1) is 12.0 Å². The zero-order chi connectivity index (χ0) is 17.5. The summed E-state index contributed by atoms with van der Waals surface area (Å²) in [6.07, 6.45) is 0.893. The first-order valence-electron chi connectivity index (χ1n) is 7.79. The number of carbonyl (C=O) groups excluding carboxylic acids is 1. The first kappa shape index (κ1) is 18.8. The number of methoxy groups -OCH3 is 1. The highest BCUT2D eigenvalue weighted by Gasteiger charge is 2.14. The van der Waals surface area contributed by atoms with Crippen molar-refractivity contribution in [1.82, 2.24) is 10.2 Å². The fourth-order valence-electron chi connectivity index (χ4n) is 2.26. The van der Waals surface area contributed by atoms with E-state index in [0.717, 1.165) is 18.4 Å². The molecule has 0 radical (unpaired) electrons. The minimum Gasteiger partial charge on any atom is -0.490 e. The van der Waals surface area contributed by atoms with Crippen LogP contribution in [0.4, 0.5) is 0 Å². The van der Waals surface area contributed by atoms with E-state index < -0.39 is 0 Å². The Kier molecular flexibility index (Phi) is 7.08. The van der Waals surface area contributed by atoms with E-state index in [-0.39, 0.29) is 5.91 Å². The maximum atomic E-state index is 12.4. The lowest BCUT2D eigenvalue weighted by atomic mass is 10.1. The molecule has 0 unspecified atom stereocenters. The summed E-state index contributed by atoms with van der Waals surface area (Å²) in [5.74, 6) is 0.470. The number of hydrogen-bond donors (Lipinski definition) is 1. The quantitative estimate of drug-likeness (QED) is 0.657. The van der Waals surface area contributed by atoms with Crippen LogP contribution >= 0.6 is 15.9 Å². The number of hydrogen-bond acceptors (Lipinski definition) is 5. The van der Waals surface area contributed by atoms with Gasteiger partial charge in [0.15, 0.2) is 4.67 Å². The van der Waals surface area contributed by atoms with Gasteiger partial charge < -0.3 is 24.1 Å². The summed E-state index contributed by atoms with van der Waals surface area (Å²) in [5, 5.41) is 3.74. The average molecular weight is 399 g/mol. The zero-order valence-electron chi connectivity index (χ0n) is 14.2. The SMILES string of the molecule is COCCOc1cc(C(=O)NCCCN(C)C)cc2oc(Br)cc12. The molecule has 7 heteroatoms. The van der Waals surface area contributed by atoms with E-state index in [9.17, 15) is 4.79 Å². The molecule has 1 aromatic carbocycles. The van der Waals surface area contributed by atoms with E-state index in [4.69, 9.17) is 13.9 Å². The molecule has 0 atom stereocenters. The third kappa shape index (κ3) is 5.22. The average Bonchev–Trinajstić information content (AvgIpc) is 2.91. The number of fused-ring (bicyclic) bond motifs is 1. The fraction of sp³-hybridized carbons (Fsp3) is 0.471. The first-order valence-corrected chi connectivity index (χ1v) is 8.58. The van der Waals surface area contributed by atoms with Crippen LogP contribution in [0.3, 0.4) is 0 Å². The highest BCUT2D eigenvalue weighted by Crippen LogP contribution is 2.32.